The molecule has 90 valence electrons. The number of furan rings is 1. The molecule has 0 bridgehead atoms. The molecule has 2 N–H and O–H groups in total. The van der Waals surface area contributed by atoms with Crippen LogP contribution in [0.2, 0.25) is 0 Å². The van der Waals surface area contributed by atoms with Gasteiger partial charge in [-0.05, 0) is 24.3 Å². The van der Waals surface area contributed by atoms with Crippen molar-refractivity contribution in [3.05, 3.63) is 54.0 Å². The summed E-state index contributed by atoms with van der Waals surface area (Å²) in [5.74, 6) is 2.51. The van der Waals surface area contributed by atoms with Gasteiger partial charge in [-0.3, -0.25) is 0 Å². The zero-order valence-electron chi connectivity index (χ0n) is 9.64. The third-order valence-electron chi connectivity index (χ3n) is 2.32. The van der Waals surface area contributed by atoms with Crippen LogP contribution < -0.4 is 10.6 Å². The van der Waals surface area contributed by atoms with Crippen LogP contribution in [-0.2, 0) is 6.54 Å². The molecule has 18 heavy (non-hydrogen) atoms. The molecule has 1 aromatic carbocycles. The summed E-state index contributed by atoms with van der Waals surface area (Å²) in [6.45, 7) is 0.414. The fourth-order valence-corrected chi connectivity index (χ4v) is 1.44. The van der Waals surface area contributed by atoms with Gasteiger partial charge < -0.3 is 15.1 Å². The quantitative estimate of drug-likeness (QED) is 0.810. The van der Waals surface area contributed by atoms with Gasteiger partial charge in [0.2, 0.25) is 0 Å². The van der Waals surface area contributed by atoms with Gasteiger partial charge in [-0.2, -0.15) is 0 Å². The summed E-state index contributed by atoms with van der Waals surface area (Å²) in [6.07, 6.45) is 8.43. The number of terminal acetylenes is 1. The fourth-order valence-electron chi connectivity index (χ4n) is 1.44. The Morgan fingerprint density at radius 3 is 3.00 bits per heavy atom. The first-order valence-corrected chi connectivity index (χ1v) is 5.40. The second-order valence-corrected chi connectivity index (χ2v) is 3.66. The van der Waals surface area contributed by atoms with Gasteiger partial charge in [0.25, 0.3) is 0 Å². The van der Waals surface area contributed by atoms with Gasteiger partial charge in [0, 0.05) is 23.4 Å². The van der Waals surface area contributed by atoms with Gasteiger partial charge in [-0.1, -0.05) is 12.0 Å². The van der Waals surface area contributed by atoms with Gasteiger partial charge >= 0.3 is 6.03 Å². The van der Waals surface area contributed by atoms with E-state index in [9.17, 15) is 4.79 Å². The lowest BCUT2D eigenvalue weighted by Gasteiger charge is -2.06. The number of carbonyl (C=O) groups excluding carboxylic acids is 1. The molecule has 0 aliphatic heterocycles. The van der Waals surface area contributed by atoms with Crippen LogP contribution in [0.4, 0.5) is 10.5 Å². The molecule has 2 rings (SSSR count). The van der Waals surface area contributed by atoms with E-state index in [1.54, 1.807) is 42.9 Å². The van der Waals surface area contributed by atoms with Crippen molar-refractivity contribution < 1.29 is 9.21 Å². The van der Waals surface area contributed by atoms with E-state index in [2.05, 4.69) is 16.6 Å². The second-order valence-electron chi connectivity index (χ2n) is 3.66. The van der Waals surface area contributed by atoms with Crippen molar-refractivity contribution in [1.82, 2.24) is 5.32 Å². The van der Waals surface area contributed by atoms with Crippen LogP contribution in [0.15, 0.2) is 47.3 Å². The van der Waals surface area contributed by atoms with Crippen molar-refractivity contribution in [3.8, 4) is 12.3 Å². The van der Waals surface area contributed by atoms with Crippen LogP contribution in [0.25, 0.3) is 0 Å². The first kappa shape index (κ1) is 11.8. The van der Waals surface area contributed by atoms with Crippen molar-refractivity contribution in [2.75, 3.05) is 5.32 Å². The van der Waals surface area contributed by atoms with Crippen LogP contribution in [0.5, 0.6) is 0 Å². The molecule has 0 spiro atoms. The summed E-state index contributed by atoms with van der Waals surface area (Å²) in [4.78, 5) is 11.6. The molecule has 0 radical (unpaired) electrons. The highest BCUT2D eigenvalue weighted by molar-refractivity contribution is 5.89. The maximum absolute atomic E-state index is 11.6. The monoisotopic (exact) mass is 240 g/mol. The molecule has 0 aliphatic carbocycles. The largest absolute Gasteiger partial charge is 0.472 e. The van der Waals surface area contributed by atoms with Gasteiger partial charge in [0.15, 0.2) is 0 Å². The van der Waals surface area contributed by atoms with E-state index in [1.807, 2.05) is 0 Å². The number of nitrogens with one attached hydrogen (secondary N) is 2. The highest BCUT2D eigenvalue weighted by atomic mass is 16.3. The first-order chi connectivity index (χ1) is 8.78. The maximum Gasteiger partial charge on any atom is 0.319 e. The lowest BCUT2D eigenvalue weighted by atomic mass is 10.2. The number of benzene rings is 1. The third-order valence-corrected chi connectivity index (χ3v) is 2.32. The minimum Gasteiger partial charge on any atom is -0.472 e. The number of rotatable bonds is 3. The Balaban J connectivity index is 1.89. The zero-order chi connectivity index (χ0) is 12.8. The standard InChI is InChI=1S/C14H12N2O2/c1-2-11-4-3-5-13(8-11)16-14(17)15-9-12-6-7-18-10-12/h1,3-8,10H,9H2,(H2,15,16,17). The molecule has 0 fully saturated rings. The molecule has 4 nitrogen and oxygen atoms in total. The molecule has 1 heterocycles. The van der Waals surface area contributed by atoms with Gasteiger partial charge in [0.05, 0.1) is 12.5 Å². The van der Waals surface area contributed by atoms with E-state index < -0.39 is 0 Å². The number of hydrogen-bond donors (Lipinski definition) is 2. The molecule has 2 aromatic rings. The molecular formula is C14H12N2O2. The van der Waals surface area contributed by atoms with E-state index in [-0.39, 0.29) is 6.03 Å². The number of hydrogen-bond acceptors (Lipinski definition) is 2. The number of urea groups is 1. The maximum atomic E-state index is 11.6. The van der Waals surface area contributed by atoms with E-state index in [4.69, 9.17) is 10.8 Å². The molecule has 0 aliphatic rings. The second kappa shape index (κ2) is 5.60. The molecule has 4 heteroatoms. The van der Waals surface area contributed by atoms with E-state index in [0.717, 1.165) is 11.1 Å². The van der Waals surface area contributed by atoms with Crippen molar-refractivity contribution in [2.24, 2.45) is 0 Å². The molecule has 0 saturated heterocycles. The summed E-state index contributed by atoms with van der Waals surface area (Å²) in [5, 5.41) is 5.41. The van der Waals surface area contributed by atoms with E-state index in [0.29, 0.717) is 12.2 Å². The summed E-state index contributed by atoms with van der Waals surface area (Å²) in [5.41, 5.74) is 2.29. The van der Waals surface area contributed by atoms with Crippen LogP contribution >= 0.6 is 0 Å². The van der Waals surface area contributed by atoms with Crippen molar-refractivity contribution in [3.63, 3.8) is 0 Å². The number of anilines is 1. The zero-order valence-corrected chi connectivity index (χ0v) is 9.64. The minimum atomic E-state index is -0.287. The molecule has 0 unspecified atom stereocenters. The Hall–Kier alpha value is -2.67. The molecular weight excluding hydrogens is 228 g/mol. The molecule has 2 amide bonds. The minimum absolute atomic E-state index is 0.287. The van der Waals surface area contributed by atoms with Crippen LogP contribution in [-0.4, -0.2) is 6.03 Å². The van der Waals surface area contributed by atoms with Gasteiger partial charge in [-0.15, -0.1) is 6.42 Å². The lowest BCUT2D eigenvalue weighted by molar-refractivity contribution is 0.251. The van der Waals surface area contributed by atoms with Crippen LogP contribution in [0.3, 0.4) is 0 Å². The molecule has 1 aromatic heterocycles. The lowest BCUT2D eigenvalue weighted by Crippen LogP contribution is -2.27. The van der Waals surface area contributed by atoms with E-state index in [1.165, 1.54) is 0 Å². The molecule has 0 atom stereocenters. The summed E-state index contributed by atoms with van der Waals surface area (Å²) in [7, 11) is 0. The molecule has 0 saturated carbocycles. The van der Waals surface area contributed by atoms with Crippen molar-refractivity contribution >= 4 is 11.7 Å². The Bertz CT molecular complexity index is 568. The van der Waals surface area contributed by atoms with Crippen LogP contribution in [0.1, 0.15) is 11.1 Å². The average molecular weight is 240 g/mol. The van der Waals surface area contributed by atoms with Crippen molar-refractivity contribution in [2.45, 2.75) is 6.54 Å². The highest BCUT2D eigenvalue weighted by Crippen LogP contribution is 2.09. The number of amides is 2. The predicted octanol–water partition coefficient (Wildman–Crippen LogP) is 2.58. The van der Waals surface area contributed by atoms with Gasteiger partial charge in [0.1, 0.15) is 0 Å². The fraction of sp³-hybridized carbons (Fsp3) is 0.0714. The Morgan fingerprint density at radius 2 is 2.28 bits per heavy atom. The number of carbonyl (C=O) groups is 1. The normalized spacial score (nSPS) is 9.50. The SMILES string of the molecule is C#Cc1cccc(NC(=O)NCc2ccoc2)c1. The Labute approximate surface area is 105 Å². The smallest absolute Gasteiger partial charge is 0.319 e. The predicted molar refractivity (Wildman–Crippen MR) is 68.9 cm³/mol. The van der Waals surface area contributed by atoms with E-state index >= 15 is 0 Å². The van der Waals surface area contributed by atoms with Crippen LogP contribution in [0, 0.1) is 12.3 Å². The Morgan fingerprint density at radius 1 is 1.39 bits per heavy atom. The van der Waals surface area contributed by atoms with Crippen molar-refractivity contribution in [1.29, 1.82) is 0 Å². The third kappa shape index (κ3) is 3.16. The summed E-state index contributed by atoms with van der Waals surface area (Å²) >= 11 is 0. The Kier molecular flexibility index (Phi) is 3.67. The first-order valence-electron chi connectivity index (χ1n) is 5.40. The summed E-state index contributed by atoms with van der Waals surface area (Å²) in [6, 6.07) is 8.61. The summed E-state index contributed by atoms with van der Waals surface area (Å²) < 4.78 is 4.90. The highest BCUT2D eigenvalue weighted by Gasteiger charge is 2.02. The topological polar surface area (TPSA) is 54.3 Å². The van der Waals surface area contributed by atoms with Gasteiger partial charge in [-0.25, -0.2) is 4.79 Å². The average Bonchev–Trinajstić information content (AvgIpc) is 2.90.